The summed E-state index contributed by atoms with van der Waals surface area (Å²) in [7, 11) is 0. The Hall–Kier alpha value is -1.55. The van der Waals surface area contributed by atoms with Crippen molar-refractivity contribution in [3.8, 4) is 0 Å². The zero-order chi connectivity index (χ0) is 15.3. The summed E-state index contributed by atoms with van der Waals surface area (Å²) in [5, 5.41) is 16.0. The molecule has 0 aliphatic carbocycles. The quantitative estimate of drug-likeness (QED) is 0.748. The van der Waals surface area contributed by atoms with E-state index in [-0.39, 0.29) is 24.9 Å². The minimum atomic E-state index is -0.881. The van der Waals surface area contributed by atoms with Gasteiger partial charge in [0.05, 0.1) is 12.1 Å². The largest absolute Gasteiger partial charge is 0.388 e. The fraction of sp³-hybridized carbons (Fsp3) is 0.562. The zero-order valence-corrected chi connectivity index (χ0v) is 13.1. The van der Waals surface area contributed by atoms with E-state index in [4.69, 9.17) is 0 Å². The van der Waals surface area contributed by atoms with Crippen LogP contribution in [-0.2, 0) is 4.79 Å². The second-order valence-corrected chi connectivity index (χ2v) is 5.91. The monoisotopic (exact) mass is 278 g/mol. The smallest absolute Gasteiger partial charge is 0.239 e. The van der Waals surface area contributed by atoms with Crippen molar-refractivity contribution < 1.29 is 9.90 Å². The van der Waals surface area contributed by atoms with Gasteiger partial charge in [-0.1, -0.05) is 32.0 Å². The predicted molar refractivity (Wildman–Crippen MR) is 82.9 cm³/mol. The van der Waals surface area contributed by atoms with Crippen LogP contribution in [0.5, 0.6) is 0 Å². The van der Waals surface area contributed by atoms with Crippen molar-refractivity contribution >= 4 is 11.6 Å². The molecule has 20 heavy (non-hydrogen) atoms. The van der Waals surface area contributed by atoms with Crippen LogP contribution in [0.3, 0.4) is 0 Å². The van der Waals surface area contributed by atoms with Gasteiger partial charge in [0.25, 0.3) is 0 Å². The van der Waals surface area contributed by atoms with Crippen LogP contribution in [-0.4, -0.2) is 29.7 Å². The van der Waals surface area contributed by atoms with E-state index in [1.54, 1.807) is 6.92 Å². The molecule has 1 unspecified atom stereocenters. The molecule has 3 N–H and O–H groups in total. The molecule has 1 aromatic carbocycles. The number of hydrogen-bond acceptors (Lipinski definition) is 3. The van der Waals surface area contributed by atoms with Crippen molar-refractivity contribution in [3.63, 3.8) is 0 Å². The second-order valence-electron chi connectivity index (χ2n) is 5.91. The molecule has 0 aromatic heterocycles. The van der Waals surface area contributed by atoms with Gasteiger partial charge in [-0.05, 0) is 37.8 Å². The maximum atomic E-state index is 11.8. The Morgan fingerprint density at radius 3 is 2.35 bits per heavy atom. The normalized spacial score (nSPS) is 13.9. The van der Waals surface area contributed by atoms with Crippen LogP contribution in [0.25, 0.3) is 0 Å². The van der Waals surface area contributed by atoms with Gasteiger partial charge in [-0.25, -0.2) is 0 Å². The van der Waals surface area contributed by atoms with Crippen LogP contribution < -0.4 is 10.6 Å². The Balaban J connectivity index is 2.49. The van der Waals surface area contributed by atoms with E-state index in [0.29, 0.717) is 0 Å². The van der Waals surface area contributed by atoms with Gasteiger partial charge in [-0.15, -0.1) is 0 Å². The van der Waals surface area contributed by atoms with Crippen molar-refractivity contribution in [2.24, 2.45) is 5.92 Å². The predicted octanol–water partition coefficient (Wildman–Crippen LogP) is 2.24. The first-order chi connectivity index (χ1) is 9.24. The molecule has 0 fully saturated rings. The van der Waals surface area contributed by atoms with Crippen molar-refractivity contribution in [2.75, 3.05) is 18.4 Å². The summed E-state index contributed by atoms with van der Waals surface area (Å²) >= 11 is 0. The molecular weight excluding hydrogens is 252 g/mol. The SMILES string of the molecule is Cc1cccc(C)c1NCC(=O)NCC(C)(O)C(C)C. The van der Waals surface area contributed by atoms with Crippen LogP contribution in [0.15, 0.2) is 18.2 Å². The van der Waals surface area contributed by atoms with E-state index in [9.17, 15) is 9.90 Å². The van der Waals surface area contributed by atoms with E-state index in [0.717, 1.165) is 16.8 Å². The van der Waals surface area contributed by atoms with E-state index in [1.165, 1.54) is 0 Å². The lowest BCUT2D eigenvalue weighted by Gasteiger charge is -2.27. The van der Waals surface area contributed by atoms with Gasteiger partial charge in [0.15, 0.2) is 0 Å². The molecule has 1 amide bonds. The fourth-order valence-corrected chi connectivity index (χ4v) is 1.81. The number of carbonyl (C=O) groups is 1. The van der Waals surface area contributed by atoms with Crippen molar-refractivity contribution in [1.29, 1.82) is 0 Å². The van der Waals surface area contributed by atoms with Crippen LogP contribution in [0.4, 0.5) is 5.69 Å². The van der Waals surface area contributed by atoms with Gasteiger partial charge < -0.3 is 15.7 Å². The number of benzene rings is 1. The summed E-state index contributed by atoms with van der Waals surface area (Å²) in [5.41, 5.74) is 2.35. The third kappa shape index (κ3) is 4.53. The molecular formula is C16H26N2O2. The number of anilines is 1. The van der Waals surface area contributed by atoms with Crippen molar-refractivity contribution in [2.45, 2.75) is 40.2 Å². The summed E-state index contributed by atoms with van der Waals surface area (Å²) in [5.74, 6) is -0.0250. The first-order valence-electron chi connectivity index (χ1n) is 7.03. The lowest BCUT2D eigenvalue weighted by atomic mass is 9.92. The summed E-state index contributed by atoms with van der Waals surface area (Å²) < 4.78 is 0. The molecule has 1 aromatic rings. The summed E-state index contributed by atoms with van der Waals surface area (Å²) in [6, 6.07) is 6.02. The van der Waals surface area contributed by atoms with E-state index in [2.05, 4.69) is 10.6 Å². The second kappa shape index (κ2) is 6.75. The molecule has 4 nitrogen and oxygen atoms in total. The number of hydrogen-bond donors (Lipinski definition) is 3. The molecule has 0 saturated heterocycles. The first kappa shape index (κ1) is 16.5. The van der Waals surface area contributed by atoms with Gasteiger partial charge in [-0.3, -0.25) is 4.79 Å². The Morgan fingerprint density at radius 1 is 1.30 bits per heavy atom. The summed E-state index contributed by atoms with van der Waals surface area (Å²) in [4.78, 5) is 11.8. The molecule has 0 aliphatic rings. The lowest BCUT2D eigenvalue weighted by molar-refractivity contribution is -0.120. The van der Waals surface area contributed by atoms with E-state index in [1.807, 2.05) is 45.9 Å². The minimum Gasteiger partial charge on any atom is -0.388 e. The van der Waals surface area contributed by atoms with Crippen LogP contribution in [0.1, 0.15) is 31.9 Å². The zero-order valence-electron chi connectivity index (χ0n) is 13.1. The van der Waals surface area contributed by atoms with Gasteiger partial charge >= 0.3 is 0 Å². The average Bonchev–Trinajstić information content (AvgIpc) is 2.35. The molecule has 1 atom stereocenters. The number of para-hydroxylation sites is 1. The number of amides is 1. The Morgan fingerprint density at radius 2 is 1.85 bits per heavy atom. The number of aliphatic hydroxyl groups is 1. The molecule has 1 rings (SSSR count). The van der Waals surface area contributed by atoms with Gasteiger partial charge in [0, 0.05) is 12.2 Å². The van der Waals surface area contributed by atoms with Crippen molar-refractivity contribution in [1.82, 2.24) is 5.32 Å². The number of rotatable bonds is 6. The highest BCUT2D eigenvalue weighted by atomic mass is 16.3. The molecule has 0 saturated carbocycles. The van der Waals surface area contributed by atoms with E-state index < -0.39 is 5.60 Å². The number of aryl methyl sites for hydroxylation is 2. The molecule has 0 aliphatic heterocycles. The highest BCUT2D eigenvalue weighted by molar-refractivity contribution is 5.81. The molecule has 0 heterocycles. The van der Waals surface area contributed by atoms with Crippen LogP contribution in [0.2, 0.25) is 0 Å². The van der Waals surface area contributed by atoms with Gasteiger partial charge in [0.1, 0.15) is 0 Å². The summed E-state index contributed by atoms with van der Waals surface area (Å²) in [6.45, 7) is 10.1. The standard InChI is InChI=1S/C16H26N2O2/c1-11(2)16(5,20)10-18-14(19)9-17-15-12(3)7-6-8-13(15)4/h6-8,11,17,20H,9-10H2,1-5H3,(H,18,19). The minimum absolute atomic E-state index is 0.0920. The molecule has 0 bridgehead atoms. The summed E-state index contributed by atoms with van der Waals surface area (Å²) in [6.07, 6.45) is 0. The maximum Gasteiger partial charge on any atom is 0.239 e. The maximum absolute atomic E-state index is 11.8. The highest BCUT2D eigenvalue weighted by Crippen LogP contribution is 2.19. The third-order valence-electron chi connectivity index (χ3n) is 3.79. The Labute approximate surface area is 121 Å². The topological polar surface area (TPSA) is 61.4 Å². The number of carbonyl (C=O) groups excluding carboxylic acids is 1. The van der Waals surface area contributed by atoms with Crippen molar-refractivity contribution in [3.05, 3.63) is 29.3 Å². The first-order valence-corrected chi connectivity index (χ1v) is 7.03. The molecule has 4 heteroatoms. The molecule has 0 spiro atoms. The lowest BCUT2D eigenvalue weighted by Crippen LogP contribution is -2.45. The molecule has 0 radical (unpaired) electrons. The van der Waals surface area contributed by atoms with E-state index >= 15 is 0 Å². The average molecular weight is 278 g/mol. The van der Waals surface area contributed by atoms with Gasteiger partial charge in [0.2, 0.25) is 5.91 Å². The molecule has 112 valence electrons. The number of nitrogens with one attached hydrogen (secondary N) is 2. The Kier molecular flexibility index (Phi) is 5.57. The van der Waals surface area contributed by atoms with Gasteiger partial charge in [-0.2, -0.15) is 0 Å². The van der Waals surface area contributed by atoms with Crippen LogP contribution >= 0.6 is 0 Å². The Bertz CT molecular complexity index is 447. The van der Waals surface area contributed by atoms with Crippen LogP contribution in [0, 0.1) is 19.8 Å². The highest BCUT2D eigenvalue weighted by Gasteiger charge is 2.25. The third-order valence-corrected chi connectivity index (χ3v) is 3.79. The fourth-order valence-electron chi connectivity index (χ4n) is 1.81.